The first-order chi connectivity index (χ1) is 9.52. The minimum absolute atomic E-state index is 0.110. The number of aliphatic carboxylic acids is 1. The summed E-state index contributed by atoms with van der Waals surface area (Å²) in [4.78, 5) is 23.3. The summed E-state index contributed by atoms with van der Waals surface area (Å²) in [6.45, 7) is 0. The number of carboxylic acid groups (broad SMARTS) is 1. The van der Waals surface area contributed by atoms with E-state index in [1.54, 1.807) is 0 Å². The number of halogens is 1. The molecule has 2 atom stereocenters. The second-order valence-corrected chi connectivity index (χ2v) is 6.63. The Labute approximate surface area is 125 Å². The van der Waals surface area contributed by atoms with Crippen LogP contribution in [-0.4, -0.2) is 17.0 Å². The molecule has 1 aromatic rings. The van der Waals surface area contributed by atoms with Crippen LogP contribution in [0.3, 0.4) is 0 Å². The van der Waals surface area contributed by atoms with E-state index in [0.717, 1.165) is 22.9 Å². The van der Waals surface area contributed by atoms with Crippen molar-refractivity contribution in [1.82, 2.24) is 5.32 Å². The standard InChI is InChI=1S/C15H16BrNO3/c16-10-3-1-2-9(8-10)15(6-7-15)17-13(18)11-4-5-12(11)14(19)20/h1-3,8,11-12H,4-7H2,(H,17,18)(H,19,20). The summed E-state index contributed by atoms with van der Waals surface area (Å²) in [6, 6.07) is 7.93. The Kier molecular flexibility index (Phi) is 3.32. The molecule has 2 saturated carbocycles. The van der Waals surface area contributed by atoms with Crippen molar-refractivity contribution in [3.63, 3.8) is 0 Å². The summed E-state index contributed by atoms with van der Waals surface area (Å²) in [6.07, 6.45) is 3.12. The monoisotopic (exact) mass is 337 g/mol. The van der Waals surface area contributed by atoms with Crippen LogP contribution in [-0.2, 0) is 15.1 Å². The lowest BCUT2D eigenvalue weighted by Crippen LogP contribution is -2.47. The van der Waals surface area contributed by atoms with Crippen molar-refractivity contribution in [1.29, 1.82) is 0 Å². The molecule has 2 aliphatic carbocycles. The minimum Gasteiger partial charge on any atom is -0.481 e. The van der Waals surface area contributed by atoms with Gasteiger partial charge in [0.1, 0.15) is 0 Å². The Morgan fingerprint density at radius 2 is 1.95 bits per heavy atom. The molecule has 0 radical (unpaired) electrons. The van der Waals surface area contributed by atoms with Crippen LogP contribution in [0.15, 0.2) is 28.7 Å². The fourth-order valence-corrected chi connectivity index (χ4v) is 3.23. The zero-order chi connectivity index (χ0) is 14.3. The molecule has 5 heteroatoms. The summed E-state index contributed by atoms with van der Waals surface area (Å²) in [5, 5.41) is 12.1. The maximum Gasteiger partial charge on any atom is 0.307 e. The third kappa shape index (κ3) is 2.35. The molecule has 2 fully saturated rings. The number of carbonyl (C=O) groups excluding carboxylic acids is 1. The van der Waals surface area contributed by atoms with Crippen molar-refractivity contribution in [2.45, 2.75) is 31.2 Å². The molecule has 0 saturated heterocycles. The number of carbonyl (C=O) groups is 2. The van der Waals surface area contributed by atoms with E-state index in [4.69, 9.17) is 5.11 Å². The number of nitrogens with one attached hydrogen (secondary N) is 1. The third-order valence-electron chi connectivity index (χ3n) is 4.42. The molecule has 0 bridgehead atoms. The largest absolute Gasteiger partial charge is 0.481 e. The molecule has 0 spiro atoms. The maximum atomic E-state index is 12.3. The molecule has 106 valence electrons. The normalized spacial score (nSPS) is 26.4. The van der Waals surface area contributed by atoms with Crippen LogP contribution in [0.4, 0.5) is 0 Å². The molecule has 0 aliphatic heterocycles. The number of hydrogen-bond acceptors (Lipinski definition) is 2. The van der Waals surface area contributed by atoms with Gasteiger partial charge in [0.25, 0.3) is 0 Å². The third-order valence-corrected chi connectivity index (χ3v) is 4.91. The van der Waals surface area contributed by atoms with Gasteiger partial charge in [0, 0.05) is 4.47 Å². The van der Waals surface area contributed by atoms with E-state index in [9.17, 15) is 9.59 Å². The molecule has 3 rings (SSSR count). The van der Waals surface area contributed by atoms with E-state index in [1.807, 2.05) is 24.3 Å². The van der Waals surface area contributed by atoms with Gasteiger partial charge in [0.05, 0.1) is 17.4 Å². The van der Waals surface area contributed by atoms with E-state index in [-0.39, 0.29) is 17.4 Å². The SMILES string of the molecule is O=C(O)C1CCC1C(=O)NC1(c2cccc(Br)c2)CC1. The maximum absolute atomic E-state index is 12.3. The lowest BCUT2D eigenvalue weighted by molar-refractivity contribution is -0.153. The topological polar surface area (TPSA) is 66.4 Å². The van der Waals surface area contributed by atoms with Crippen molar-refractivity contribution in [2.24, 2.45) is 11.8 Å². The summed E-state index contributed by atoms with van der Waals surface area (Å²) in [7, 11) is 0. The lowest BCUT2D eigenvalue weighted by atomic mass is 9.73. The highest BCUT2D eigenvalue weighted by molar-refractivity contribution is 9.10. The van der Waals surface area contributed by atoms with E-state index < -0.39 is 11.9 Å². The minimum atomic E-state index is -0.858. The number of rotatable bonds is 4. The molecule has 0 heterocycles. The Bertz CT molecular complexity index is 568. The smallest absolute Gasteiger partial charge is 0.307 e. The summed E-state index contributed by atoms with van der Waals surface area (Å²) >= 11 is 3.44. The van der Waals surface area contributed by atoms with E-state index >= 15 is 0 Å². The number of carboxylic acids is 1. The van der Waals surface area contributed by atoms with Crippen LogP contribution in [0.25, 0.3) is 0 Å². The van der Waals surface area contributed by atoms with Crippen molar-refractivity contribution in [3.8, 4) is 0 Å². The molecule has 2 aliphatic rings. The predicted molar refractivity (Wildman–Crippen MR) is 77.0 cm³/mol. The van der Waals surface area contributed by atoms with Crippen LogP contribution >= 0.6 is 15.9 Å². The van der Waals surface area contributed by atoms with Gasteiger partial charge in [-0.15, -0.1) is 0 Å². The van der Waals surface area contributed by atoms with Crippen LogP contribution < -0.4 is 5.32 Å². The fourth-order valence-electron chi connectivity index (χ4n) is 2.83. The highest BCUT2D eigenvalue weighted by Gasteiger charge is 2.49. The van der Waals surface area contributed by atoms with Crippen LogP contribution in [0.1, 0.15) is 31.2 Å². The first-order valence-electron chi connectivity index (χ1n) is 6.83. The van der Waals surface area contributed by atoms with Gasteiger partial charge in [-0.05, 0) is 43.4 Å². The van der Waals surface area contributed by atoms with Crippen molar-refractivity contribution < 1.29 is 14.7 Å². The Morgan fingerprint density at radius 1 is 1.25 bits per heavy atom. The number of amides is 1. The first-order valence-corrected chi connectivity index (χ1v) is 7.62. The second-order valence-electron chi connectivity index (χ2n) is 5.71. The molecular formula is C15H16BrNO3. The van der Waals surface area contributed by atoms with Crippen molar-refractivity contribution in [2.75, 3.05) is 0 Å². The average molecular weight is 338 g/mol. The molecule has 20 heavy (non-hydrogen) atoms. The van der Waals surface area contributed by atoms with Gasteiger partial charge in [0.2, 0.25) is 5.91 Å². The van der Waals surface area contributed by atoms with Gasteiger partial charge in [0.15, 0.2) is 0 Å². The second kappa shape index (κ2) is 4.88. The van der Waals surface area contributed by atoms with Gasteiger partial charge in [-0.2, -0.15) is 0 Å². The summed E-state index contributed by atoms with van der Waals surface area (Å²) in [5.41, 5.74) is 0.811. The van der Waals surface area contributed by atoms with Gasteiger partial charge >= 0.3 is 5.97 Å². The Morgan fingerprint density at radius 3 is 2.45 bits per heavy atom. The number of hydrogen-bond donors (Lipinski definition) is 2. The zero-order valence-corrected chi connectivity index (χ0v) is 12.5. The fraction of sp³-hybridized carbons (Fsp3) is 0.467. The molecule has 1 amide bonds. The quantitative estimate of drug-likeness (QED) is 0.887. The predicted octanol–water partition coefficient (Wildman–Crippen LogP) is 2.67. The molecular weight excluding hydrogens is 322 g/mol. The molecule has 1 aromatic carbocycles. The highest BCUT2D eigenvalue weighted by Crippen LogP contribution is 2.47. The van der Waals surface area contributed by atoms with Crippen LogP contribution in [0.5, 0.6) is 0 Å². The lowest BCUT2D eigenvalue weighted by Gasteiger charge is -2.33. The van der Waals surface area contributed by atoms with Gasteiger partial charge in [-0.3, -0.25) is 9.59 Å². The Balaban J connectivity index is 1.71. The van der Waals surface area contributed by atoms with E-state index in [2.05, 4.69) is 21.2 Å². The van der Waals surface area contributed by atoms with Crippen molar-refractivity contribution in [3.05, 3.63) is 34.3 Å². The summed E-state index contributed by atoms with van der Waals surface area (Å²) in [5.74, 6) is -1.84. The summed E-state index contributed by atoms with van der Waals surface area (Å²) < 4.78 is 0.989. The zero-order valence-electron chi connectivity index (χ0n) is 10.9. The molecule has 2 N–H and O–H groups in total. The van der Waals surface area contributed by atoms with Gasteiger partial charge in [-0.1, -0.05) is 28.1 Å². The van der Waals surface area contributed by atoms with Crippen LogP contribution in [0, 0.1) is 11.8 Å². The van der Waals surface area contributed by atoms with E-state index in [1.165, 1.54) is 0 Å². The van der Waals surface area contributed by atoms with Crippen LogP contribution in [0.2, 0.25) is 0 Å². The number of benzene rings is 1. The average Bonchev–Trinajstić information content (AvgIpc) is 3.07. The van der Waals surface area contributed by atoms with Gasteiger partial charge < -0.3 is 10.4 Å². The molecule has 2 unspecified atom stereocenters. The molecule has 4 nitrogen and oxygen atoms in total. The highest BCUT2D eigenvalue weighted by atomic mass is 79.9. The van der Waals surface area contributed by atoms with E-state index in [0.29, 0.717) is 12.8 Å². The first kappa shape index (κ1) is 13.6. The van der Waals surface area contributed by atoms with Crippen molar-refractivity contribution >= 4 is 27.8 Å². The molecule has 0 aromatic heterocycles. The van der Waals surface area contributed by atoms with Gasteiger partial charge in [-0.25, -0.2) is 0 Å². The Hall–Kier alpha value is -1.36.